The summed E-state index contributed by atoms with van der Waals surface area (Å²) in [5.41, 5.74) is 2.42. The Hall–Kier alpha value is -1.59. The summed E-state index contributed by atoms with van der Waals surface area (Å²) >= 11 is 0. The van der Waals surface area contributed by atoms with Gasteiger partial charge in [0, 0.05) is 29.5 Å². The van der Waals surface area contributed by atoms with E-state index >= 15 is 0 Å². The van der Waals surface area contributed by atoms with Crippen LogP contribution < -0.4 is 10.2 Å². The molecule has 5 nitrogen and oxygen atoms in total. The minimum atomic E-state index is -1.04. The first kappa shape index (κ1) is 12.4. The SMILES string of the molecule is CC1CN(c2ccc3c(c2)NC(=O)C3O)C(C)CO1. The topological polar surface area (TPSA) is 61.8 Å². The average molecular weight is 262 g/mol. The Bertz CT molecular complexity index is 517. The molecule has 0 spiro atoms. The third kappa shape index (κ3) is 2.09. The molecular formula is C14H18N2O3. The predicted molar refractivity (Wildman–Crippen MR) is 72.3 cm³/mol. The molecule has 5 heteroatoms. The van der Waals surface area contributed by atoms with Crippen LogP contribution in [0, 0.1) is 0 Å². The first-order chi connectivity index (χ1) is 9.06. The second kappa shape index (κ2) is 4.51. The van der Waals surface area contributed by atoms with Crippen LogP contribution in [0.5, 0.6) is 0 Å². The molecule has 0 saturated carbocycles. The van der Waals surface area contributed by atoms with Crippen LogP contribution in [-0.2, 0) is 9.53 Å². The van der Waals surface area contributed by atoms with Crippen LogP contribution >= 0.6 is 0 Å². The molecule has 2 N–H and O–H groups in total. The van der Waals surface area contributed by atoms with Gasteiger partial charge in [-0.15, -0.1) is 0 Å². The molecule has 2 heterocycles. The minimum Gasteiger partial charge on any atom is -0.378 e. The highest BCUT2D eigenvalue weighted by Gasteiger charge is 2.30. The van der Waals surface area contributed by atoms with Crippen LogP contribution in [0.15, 0.2) is 18.2 Å². The summed E-state index contributed by atoms with van der Waals surface area (Å²) in [4.78, 5) is 13.7. The first-order valence-corrected chi connectivity index (χ1v) is 6.57. The summed E-state index contributed by atoms with van der Waals surface area (Å²) in [6.45, 7) is 5.70. The molecule has 3 unspecified atom stereocenters. The number of fused-ring (bicyclic) bond motifs is 1. The molecular weight excluding hydrogens is 244 g/mol. The lowest BCUT2D eigenvalue weighted by atomic mass is 10.1. The zero-order valence-corrected chi connectivity index (χ0v) is 11.1. The standard InChI is InChI=1S/C14H18N2O3/c1-8-7-19-9(2)6-16(8)10-3-4-11-12(5-10)15-14(18)13(11)17/h3-5,8-9,13,17H,6-7H2,1-2H3,(H,15,18). The van der Waals surface area contributed by atoms with Crippen LogP contribution in [0.3, 0.4) is 0 Å². The maximum atomic E-state index is 11.4. The third-order valence-corrected chi connectivity index (χ3v) is 3.78. The molecule has 0 aromatic heterocycles. The van der Waals surface area contributed by atoms with Crippen molar-refractivity contribution in [1.82, 2.24) is 0 Å². The van der Waals surface area contributed by atoms with Crippen molar-refractivity contribution in [2.75, 3.05) is 23.4 Å². The van der Waals surface area contributed by atoms with Crippen molar-refractivity contribution in [3.63, 3.8) is 0 Å². The highest BCUT2D eigenvalue weighted by Crippen LogP contribution is 2.35. The highest BCUT2D eigenvalue weighted by molar-refractivity contribution is 6.02. The normalized spacial score (nSPS) is 30.2. The average Bonchev–Trinajstić information content (AvgIpc) is 2.67. The largest absolute Gasteiger partial charge is 0.378 e. The molecule has 19 heavy (non-hydrogen) atoms. The summed E-state index contributed by atoms with van der Waals surface area (Å²) in [5, 5.41) is 12.4. The third-order valence-electron chi connectivity index (χ3n) is 3.78. The number of carbonyl (C=O) groups is 1. The Kier molecular flexibility index (Phi) is 2.95. The Balaban J connectivity index is 1.91. The zero-order chi connectivity index (χ0) is 13.6. The highest BCUT2D eigenvalue weighted by atomic mass is 16.5. The zero-order valence-electron chi connectivity index (χ0n) is 11.1. The molecule has 0 aliphatic carbocycles. The molecule has 1 amide bonds. The molecule has 2 aliphatic heterocycles. The van der Waals surface area contributed by atoms with Gasteiger partial charge < -0.3 is 20.1 Å². The lowest BCUT2D eigenvalue weighted by molar-refractivity contribution is -0.123. The first-order valence-electron chi connectivity index (χ1n) is 6.57. The van der Waals surface area contributed by atoms with E-state index in [2.05, 4.69) is 24.1 Å². The number of carbonyl (C=O) groups excluding carboxylic acids is 1. The number of morpholine rings is 1. The number of hydrogen-bond acceptors (Lipinski definition) is 4. The smallest absolute Gasteiger partial charge is 0.257 e. The summed E-state index contributed by atoms with van der Waals surface area (Å²) in [7, 11) is 0. The van der Waals surface area contributed by atoms with Gasteiger partial charge in [-0.1, -0.05) is 6.07 Å². The van der Waals surface area contributed by atoms with Crippen molar-refractivity contribution >= 4 is 17.3 Å². The molecule has 1 aromatic rings. The Labute approximate surface area is 112 Å². The molecule has 3 atom stereocenters. The summed E-state index contributed by atoms with van der Waals surface area (Å²) in [6, 6.07) is 6.01. The Morgan fingerprint density at radius 1 is 1.42 bits per heavy atom. The molecule has 0 radical (unpaired) electrons. The van der Waals surface area contributed by atoms with Gasteiger partial charge in [-0.05, 0) is 26.0 Å². The van der Waals surface area contributed by atoms with E-state index < -0.39 is 6.10 Å². The van der Waals surface area contributed by atoms with Gasteiger partial charge in [0.25, 0.3) is 5.91 Å². The van der Waals surface area contributed by atoms with Crippen LogP contribution in [0.2, 0.25) is 0 Å². The van der Waals surface area contributed by atoms with Gasteiger partial charge in [-0.25, -0.2) is 0 Å². The Morgan fingerprint density at radius 3 is 3.00 bits per heavy atom. The van der Waals surface area contributed by atoms with Gasteiger partial charge in [0.05, 0.1) is 12.7 Å². The quantitative estimate of drug-likeness (QED) is 0.800. The number of aliphatic hydroxyl groups excluding tert-OH is 1. The van der Waals surface area contributed by atoms with E-state index in [0.717, 1.165) is 12.2 Å². The van der Waals surface area contributed by atoms with E-state index in [1.165, 1.54) is 0 Å². The minimum absolute atomic E-state index is 0.199. The maximum absolute atomic E-state index is 11.4. The van der Waals surface area contributed by atoms with Crippen molar-refractivity contribution in [1.29, 1.82) is 0 Å². The van der Waals surface area contributed by atoms with Gasteiger partial charge in [0.1, 0.15) is 0 Å². The number of nitrogens with one attached hydrogen (secondary N) is 1. The van der Waals surface area contributed by atoms with Crippen molar-refractivity contribution in [2.24, 2.45) is 0 Å². The maximum Gasteiger partial charge on any atom is 0.257 e. The fourth-order valence-corrected chi connectivity index (χ4v) is 2.67. The number of benzene rings is 1. The molecule has 1 fully saturated rings. The second-order valence-electron chi connectivity index (χ2n) is 5.31. The van der Waals surface area contributed by atoms with E-state index in [4.69, 9.17) is 4.74 Å². The van der Waals surface area contributed by atoms with Gasteiger partial charge in [-0.2, -0.15) is 0 Å². The van der Waals surface area contributed by atoms with E-state index in [0.29, 0.717) is 23.9 Å². The predicted octanol–water partition coefficient (Wildman–Crippen LogP) is 1.29. The van der Waals surface area contributed by atoms with E-state index in [1.807, 2.05) is 18.2 Å². The number of rotatable bonds is 1. The van der Waals surface area contributed by atoms with Crippen molar-refractivity contribution in [3.05, 3.63) is 23.8 Å². The van der Waals surface area contributed by atoms with Crippen molar-refractivity contribution in [2.45, 2.75) is 32.1 Å². The molecule has 0 bridgehead atoms. The van der Waals surface area contributed by atoms with Crippen LogP contribution in [0.1, 0.15) is 25.5 Å². The fourth-order valence-electron chi connectivity index (χ4n) is 2.67. The number of anilines is 2. The fraction of sp³-hybridized carbons (Fsp3) is 0.500. The van der Waals surface area contributed by atoms with Gasteiger partial charge in [0.2, 0.25) is 0 Å². The van der Waals surface area contributed by atoms with Gasteiger partial charge in [0.15, 0.2) is 6.10 Å². The summed E-state index contributed by atoms with van der Waals surface area (Å²) < 4.78 is 5.62. The van der Waals surface area contributed by atoms with E-state index in [1.54, 1.807) is 0 Å². The molecule has 3 rings (SSSR count). The number of ether oxygens (including phenoxy) is 1. The number of nitrogens with zero attached hydrogens (tertiary/aromatic N) is 1. The van der Waals surface area contributed by atoms with Crippen molar-refractivity contribution in [3.8, 4) is 0 Å². The van der Waals surface area contributed by atoms with Crippen LogP contribution in [0.25, 0.3) is 0 Å². The molecule has 1 aromatic carbocycles. The van der Waals surface area contributed by atoms with Crippen LogP contribution in [0.4, 0.5) is 11.4 Å². The number of amides is 1. The Morgan fingerprint density at radius 2 is 2.21 bits per heavy atom. The van der Waals surface area contributed by atoms with Crippen LogP contribution in [-0.4, -0.2) is 36.3 Å². The summed E-state index contributed by atoms with van der Waals surface area (Å²) in [6.07, 6.45) is -0.838. The van der Waals surface area contributed by atoms with Gasteiger partial charge in [-0.3, -0.25) is 4.79 Å². The lowest BCUT2D eigenvalue weighted by Gasteiger charge is -2.38. The molecule has 102 valence electrons. The van der Waals surface area contributed by atoms with Crippen molar-refractivity contribution < 1.29 is 14.6 Å². The molecule has 2 aliphatic rings. The second-order valence-corrected chi connectivity index (χ2v) is 5.31. The lowest BCUT2D eigenvalue weighted by Crippen LogP contribution is -2.47. The van der Waals surface area contributed by atoms with E-state index in [9.17, 15) is 9.90 Å². The van der Waals surface area contributed by atoms with E-state index in [-0.39, 0.29) is 12.0 Å². The molecule has 1 saturated heterocycles. The monoisotopic (exact) mass is 262 g/mol. The summed E-state index contributed by atoms with van der Waals surface area (Å²) in [5.74, 6) is -0.351. The number of hydrogen-bond donors (Lipinski definition) is 2. The number of aliphatic hydroxyl groups is 1. The van der Waals surface area contributed by atoms with Gasteiger partial charge >= 0.3 is 0 Å².